The summed E-state index contributed by atoms with van der Waals surface area (Å²) >= 11 is 6.76. The van der Waals surface area contributed by atoms with Crippen molar-refractivity contribution in [1.82, 2.24) is 15.2 Å². The van der Waals surface area contributed by atoms with Crippen molar-refractivity contribution in [2.45, 2.75) is 71.0 Å². The van der Waals surface area contributed by atoms with Crippen LogP contribution in [0.5, 0.6) is 11.5 Å². The molecule has 12 heteroatoms. The molecule has 0 radical (unpaired) electrons. The second-order valence-electron chi connectivity index (χ2n) is 13.9. The van der Waals surface area contributed by atoms with Crippen molar-refractivity contribution in [3.8, 4) is 28.7 Å². The van der Waals surface area contributed by atoms with Gasteiger partial charge in [0.1, 0.15) is 43.0 Å². The van der Waals surface area contributed by atoms with E-state index in [1.807, 2.05) is 12.1 Å². The smallest absolute Gasteiger partial charge is 0.320 e. The number of aliphatic hydroxyl groups is 1. The topological polar surface area (TPSA) is 131 Å². The zero-order valence-electron chi connectivity index (χ0n) is 30.6. The number of carboxylic acids is 1. The summed E-state index contributed by atoms with van der Waals surface area (Å²) in [6.07, 6.45) is 5.80. The van der Waals surface area contributed by atoms with Crippen LogP contribution in [0.3, 0.4) is 0 Å². The molecule has 0 spiro atoms. The fraction of sp³-hybridized carbons (Fsp3) is 0.405. The third-order valence-corrected chi connectivity index (χ3v) is 10.6. The van der Waals surface area contributed by atoms with Crippen molar-refractivity contribution in [1.29, 1.82) is 5.26 Å². The van der Waals surface area contributed by atoms with Gasteiger partial charge in [0.25, 0.3) is 0 Å². The van der Waals surface area contributed by atoms with Crippen LogP contribution in [0.25, 0.3) is 11.1 Å². The van der Waals surface area contributed by atoms with Crippen LogP contribution in [0.1, 0.15) is 59.1 Å². The van der Waals surface area contributed by atoms with Crippen LogP contribution < -0.4 is 19.7 Å². The second kappa shape index (κ2) is 18.5. The minimum atomic E-state index is -1.07. The Morgan fingerprint density at radius 1 is 1.04 bits per heavy atom. The summed E-state index contributed by atoms with van der Waals surface area (Å²) in [6, 6.07) is 19.0. The molecule has 2 aliphatic rings. The zero-order chi connectivity index (χ0) is 38.0. The Bertz CT molecular complexity index is 1960. The van der Waals surface area contributed by atoms with Crippen molar-refractivity contribution in [3.63, 3.8) is 0 Å². The summed E-state index contributed by atoms with van der Waals surface area (Å²) in [5.74, 6) is -0.244. The first kappa shape index (κ1) is 39.0. The number of carboxylic acid groups (broad SMARTS) is 1. The lowest BCUT2D eigenvalue weighted by molar-refractivity contribution is -0.140. The lowest BCUT2D eigenvalue weighted by Gasteiger charge is -2.29. The predicted molar refractivity (Wildman–Crippen MR) is 207 cm³/mol. The number of nitrogens with one attached hydrogen (secondary N) is 1. The number of nitrogens with zero attached hydrogens (tertiary/aromatic N) is 4. The Hall–Kier alpha value is -4.73. The largest absolute Gasteiger partial charge is 0.488 e. The average molecular weight is 756 g/mol. The molecule has 1 saturated heterocycles. The number of ether oxygens (including phenoxy) is 2. The Kier molecular flexibility index (Phi) is 13.4. The summed E-state index contributed by atoms with van der Waals surface area (Å²) in [4.78, 5) is 20.7. The molecule has 0 amide bonds. The Balaban J connectivity index is 1.17. The highest BCUT2D eigenvalue weighted by molar-refractivity contribution is 6.32. The Morgan fingerprint density at radius 2 is 1.81 bits per heavy atom. The number of hydrogen-bond donors (Lipinski definition) is 3. The van der Waals surface area contributed by atoms with E-state index in [-0.39, 0.29) is 32.8 Å². The van der Waals surface area contributed by atoms with E-state index in [2.05, 4.69) is 57.4 Å². The highest BCUT2D eigenvalue weighted by Gasteiger charge is 2.24. The van der Waals surface area contributed by atoms with Gasteiger partial charge >= 0.3 is 5.97 Å². The van der Waals surface area contributed by atoms with Crippen LogP contribution >= 0.6 is 11.6 Å². The molecular weight excluding hydrogens is 709 g/mol. The molecule has 1 atom stereocenters. The van der Waals surface area contributed by atoms with Crippen LogP contribution in [0.4, 0.5) is 10.1 Å². The molecule has 0 aliphatic carbocycles. The zero-order valence-corrected chi connectivity index (χ0v) is 31.3. The number of anilines is 1. The molecule has 2 aliphatic heterocycles. The minimum absolute atomic E-state index is 0.0399. The number of aromatic nitrogens is 1. The molecule has 10 nitrogen and oxygen atoms in total. The van der Waals surface area contributed by atoms with Gasteiger partial charge in [0.2, 0.25) is 0 Å². The summed E-state index contributed by atoms with van der Waals surface area (Å²) < 4.78 is 26.1. The van der Waals surface area contributed by atoms with Gasteiger partial charge < -0.3 is 34.8 Å². The van der Waals surface area contributed by atoms with E-state index < -0.39 is 18.2 Å². The van der Waals surface area contributed by atoms with Gasteiger partial charge in [0.05, 0.1) is 10.6 Å². The standard InChI is InChI=1S/C42H47ClFN5O5/c1-28-31(5-2-6-34(28)35-7-3-8-39-36(35)11-17-49(39)14-4-13-48-15-9-33(44)10-16-48)27-54-41-21-40(53-26-30-19-29(22-45)23-46-24-30)32(20-37(41)43)25-47-38(12-18-50)42(51)52/h2-3,5-8,19-21,23-24,33,38,47,50H,4,9-18,25-27H2,1H3,(H,51,52). The van der Waals surface area contributed by atoms with E-state index >= 15 is 0 Å². The van der Waals surface area contributed by atoms with Crippen LogP contribution in [-0.2, 0) is 31.0 Å². The first-order chi connectivity index (χ1) is 26.2. The monoisotopic (exact) mass is 755 g/mol. The third-order valence-electron chi connectivity index (χ3n) is 10.4. The van der Waals surface area contributed by atoms with Gasteiger partial charge in [-0.2, -0.15) is 5.26 Å². The molecule has 6 rings (SSSR count). The average Bonchev–Trinajstić information content (AvgIpc) is 3.60. The second-order valence-corrected chi connectivity index (χ2v) is 14.4. The van der Waals surface area contributed by atoms with Gasteiger partial charge in [-0.3, -0.25) is 9.78 Å². The van der Waals surface area contributed by atoms with Crippen LogP contribution in [0, 0.1) is 18.3 Å². The minimum Gasteiger partial charge on any atom is -0.488 e. The fourth-order valence-corrected chi connectivity index (χ4v) is 7.55. The molecule has 1 unspecified atom stereocenters. The number of piperidine rings is 1. The summed E-state index contributed by atoms with van der Waals surface area (Å²) in [7, 11) is 0. The third kappa shape index (κ3) is 9.68. The van der Waals surface area contributed by atoms with E-state index in [4.69, 9.17) is 21.1 Å². The molecule has 1 fully saturated rings. The maximum Gasteiger partial charge on any atom is 0.320 e. The molecular formula is C42H47ClFN5O5. The fourth-order valence-electron chi connectivity index (χ4n) is 7.31. The number of halogens is 2. The molecule has 3 heterocycles. The quantitative estimate of drug-likeness (QED) is 0.105. The van der Waals surface area contributed by atoms with Gasteiger partial charge in [0, 0.05) is 74.6 Å². The summed E-state index contributed by atoms with van der Waals surface area (Å²) in [5.41, 5.74) is 8.84. The van der Waals surface area contributed by atoms with Crippen molar-refractivity contribution < 1.29 is 28.9 Å². The predicted octanol–water partition coefficient (Wildman–Crippen LogP) is 6.85. The number of hydrogen-bond acceptors (Lipinski definition) is 9. The van der Waals surface area contributed by atoms with Gasteiger partial charge in [-0.25, -0.2) is 4.39 Å². The first-order valence-electron chi connectivity index (χ1n) is 18.5. The number of fused-ring (bicyclic) bond motifs is 1. The summed E-state index contributed by atoms with van der Waals surface area (Å²) in [5, 5.41) is 31.5. The number of rotatable bonds is 17. The van der Waals surface area contributed by atoms with E-state index in [0.717, 1.165) is 62.3 Å². The SMILES string of the molecule is Cc1c(COc2cc(OCc3cncc(C#N)c3)c(CNC(CCO)C(=O)O)cc2Cl)cccc1-c1cccc2c1CCN2CCCN1CCC(F)CC1. The highest BCUT2D eigenvalue weighted by Crippen LogP contribution is 2.39. The highest BCUT2D eigenvalue weighted by atomic mass is 35.5. The van der Waals surface area contributed by atoms with Gasteiger partial charge in [0.15, 0.2) is 0 Å². The van der Waals surface area contributed by atoms with E-state index in [0.29, 0.717) is 46.1 Å². The maximum atomic E-state index is 13.6. The number of aliphatic hydroxyl groups excluding tert-OH is 1. The number of pyridine rings is 1. The Morgan fingerprint density at radius 3 is 2.59 bits per heavy atom. The van der Waals surface area contributed by atoms with Crippen LogP contribution in [0.15, 0.2) is 67.0 Å². The molecule has 54 heavy (non-hydrogen) atoms. The lowest BCUT2D eigenvalue weighted by atomic mass is 9.92. The van der Waals surface area contributed by atoms with Gasteiger partial charge in [-0.1, -0.05) is 41.9 Å². The van der Waals surface area contributed by atoms with Crippen LogP contribution in [-0.4, -0.2) is 77.6 Å². The molecule has 0 saturated carbocycles. The van der Waals surface area contributed by atoms with Crippen molar-refractivity contribution in [3.05, 3.63) is 105 Å². The van der Waals surface area contributed by atoms with E-state index in [1.165, 1.54) is 23.0 Å². The van der Waals surface area contributed by atoms with Crippen molar-refractivity contribution >= 4 is 23.3 Å². The van der Waals surface area contributed by atoms with E-state index in [9.17, 15) is 24.7 Å². The maximum absolute atomic E-state index is 13.6. The number of alkyl halides is 1. The number of aliphatic carboxylic acids is 1. The molecule has 1 aromatic heterocycles. The molecule has 284 valence electrons. The number of carbonyl (C=O) groups is 1. The number of benzene rings is 3. The summed E-state index contributed by atoms with van der Waals surface area (Å²) in [6.45, 7) is 6.96. The number of nitriles is 1. The van der Waals surface area contributed by atoms with Crippen molar-refractivity contribution in [2.75, 3.05) is 44.2 Å². The lowest BCUT2D eigenvalue weighted by Crippen LogP contribution is -2.37. The Labute approximate surface area is 321 Å². The van der Waals surface area contributed by atoms with Crippen molar-refractivity contribution in [2.24, 2.45) is 0 Å². The number of likely N-dealkylation sites (tertiary alicyclic amines) is 1. The van der Waals surface area contributed by atoms with Gasteiger partial charge in [-0.05, 0) is 91.6 Å². The molecule has 4 aromatic rings. The van der Waals surface area contributed by atoms with Crippen LogP contribution in [0.2, 0.25) is 5.02 Å². The molecule has 3 N–H and O–H groups in total. The van der Waals surface area contributed by atoms with E-state index in [1.54, 1.807) is 24.4 Å². The first-order valence-corrected chi connectivity index (χ1v) is 18.9. The molecule has 0 bridgehead atoms. The normalized spacial score (nSPS) is 15.1. The molecule has 3 aromatic carbocycles. The van der Waals surface area contributed by atoms with Gasteiger partial charge in [-0.15, -0.1) is 0 Å².